The summed E-state index contributed by atoms with van der Waals surface area (Å²) in [6.45, 7) is 8.47. The zero-order chi connectivity index (χ0) is 21.9. The molecular weight excluding hydrogens is 378 g/mol. The number of methoxy groups -OCH3 is 1. The lowest BCUT2D eigenvalue weighted by Crippen LogP contribution is -2.45. The Morgan fingerprint density at radius 3 is 2.67 bits per heavy atom. The van der Waals surface area contributed by atoms with E-state index in [2.05, 4.69) is 46.5 Å². The lowest BCUT2D eigenvalue weighted by Gasteiger charge is -2.24. The number of ether oxygens (including phenoxy) is 1. The Bertz CT molecular complexity index is 675. The molecule has 30 heavy (non-hydrogen) atoms. The molecule has 0 radical (unpaired) electrons. The molecule has 1 amide bonds. The number of nitrogens with zero attached hydrogens (tertiary/aromatic N) is 3. The summed E-state index contributed by atoms with van der Waals surface area (Å²) in [4.78, 5) is 20.6. The van der Waals surface area contributed by atoms with E-state index in [4.69, 9.17) is 4.74 Å². The average molecular weight is 418 g/mol. The third-order valence-electron chi connectivity index (χ3n) is 5.84. The Morgan fingerprint density at radius 1 is 1.30 bits per heavy atom. The Morgan fingerprint density at radius 2 is 2.03 bits per heavy atom. The molecule has 1 aliphatic heterocycles. The fourth-order valence-corrected chi connectivity index (χ4v) is 3.73. The predicted octanol–water partition coefficient (Wildman–Crippen LogP) is 2.30. The third kappa shape index (κ3) is 7.52. The first-order valence-corrected chi connectivity index (χ1v) is 11.0. The van der Waals surface area contributed by atoms with Crippen molar-refractivity contribution >= 4 is 11.9 Å². The van der Waals surface area contributed by atoms with E-state index in [9.17, 15) is 4.79 Å². The van der Waals surface area contributed by atoms with Gasteiger partial charge in [-0.3, -0.25) is 9.69 Å². The Balaban J connectivity index is 1.89. The highest BCUT2D eigenvalue weighted by molar-refractivity contribution is 5.84. The van der Waals surface area contributed by atoms with Crippen LogP contribution in [0.5, 0.6) is 5.75 Å². The van der Waals surface area contributed by atoms with Crippen LogP contribution < -0.4 is 15.4 Å². The maximum Gasteiger partial charge on any atom is 0.243 e. The van der Waals surface area contributed by atoms with Crippen molar-refractivity contribution in [1.29, 1.82) is 0 Å². The van der Waals surface area contributed by atoms with Gasteiger partial charge >= 0.3 is 0 Å². The summed E-state index contributed by atoms with van der Waals surface area (Å²) in [5.41, 5.74) is 1.29. The largest absolute Gasteiger partial charge is 0.497 e. The van der Waals surface area contributed by atoms with Crippen molar-refractivity contribution in [3.8, 4) is 5.75 Å². The highest BCUT2D eigenvalue weighted by Crippen LogP contribution is 2.21. The number of carbonyl (C=O) groups is 1. The van der Waals surface area contributed by atoms with Crippen molar-refractivity contribution in [3.05, 3.63) is 29.8 Å². The maximum absolute atomic E-state index is 12.0. The SMILES string of the molecule is CCN1CCCC1CNC(=NCC(=O)N(C)C)NCCC(C)c1ccc(OC)cc1. The van der Waals surface area contributed by atoms with Gasteiger partial charge in [0.25, 0.3) is 0 Å². The van der Waals surface area contributed by atoms with Crippen LogP contribution in [0.4, 0.5) is 0 Å². The molecule has 1 saturated heterocycles. The van der Waals surface area contributed by atoms with Gasteiger partial charge in [-0.15, -0.1) is 0 Å². The van der Waals surface area contributed by atoms with Crippen LogP contribution in [0, 0.1) is 0 Å². The summed E-state index contributed by atoms with van der Waals surface area (Å²) >= 11 is 0. The van der Waals surface area contributed by atoms with Gasteiger partial charge in [0.15, 0.2) is 5.96 Å². The number of nitrogens with one attached hydrogen (secondary N) is 2. The molecule has 0 aliphatic carbocycles. The summed E-state index contributed by atoms with van der Waals surface area (Å²) in [5, 5.41) is 6.88. The number of rotatable bonds is 10. The highest BCUT2D eigenvalue weighted by Gasteiger charge is 2.22. The van der Waals surface area contributed by atoms with Crippen LogP contribution in [0.3, 0.4) is 0 Å². The van der Waals surface area contributed by atoms with Gasteiger partial charge in [0, 0.05) is 33.2 Å². The number of benzene rings is 1. The van der Waals surface area contributed by atoms with Crippen molar-refractivity contribution < 1.29 is 9.53 Å². The maximum atomic E-state index is 12.0. The van der Waals surface area contributed by atoms with Crippen LogP contribution in [0.2, 0.25) is 0 Å². The number of amides is 1. The molecule has 168 valence electrons. The summed E-state index contributed by atoms with van der Waals surface area (Å²) in [5.74, 6) is 2.01. The van der Waals surface area contributed by atoms with Gasteiger partial charge in [-0.25, -0.2) is 4.99 Å². The molecule has 0 aromatic heterocycles. The number of likely N-dealkylation sites (N-methyl/N-ethyl adjacent to an activating group) is 2. The fraction of sp³-hybridized carbons (Fsp3) is 0.652. The molecule has 0 bridgehead atoms. The zero-order valence-corrected chi connectivity index (χ0v) is 19.3. The van der Waals surface area contributed by atoms with Gasteiger partial charge in [-0.1, -0.05) is 26.0 Å². The second-order valence-electron chi connectivity index (χ2n) is 8.15. The number of carbonyl (C=O) groups excluding carboxylic acids is 1. The zero-order valence-electron chi connectivity index (χ0n) is 19.3. The van der Waals surface area contributed by atoms with Crippen molar-refractivity contribution in [1.82, 2.24) is 20.4 Å². The predicted molar refractivity (Wildman–Crippen MR) is 123 cm³/mol. The quantitative estimate of drug-likeness (QED) is 0.452. The van der Waals surface area contributed by atoms with E-state index in [0.717, 1.165) is 37.8 Å². The molecule has 2 unspecified atom stereocenters. The molecule has 2 N–H and O–H groups in total. The summed E-state index contributed by atoms with van der Waals surface area (Å²) in [6, 6.07) is 8.77. The molecule has 1 aromatic carbocycles. The molecule has 2 atom stereocenters. The molecule has 7 heteroatoms. The van der Waals surface area contributed by atoms with Crippen LogP contribution in [0.15, 0.2) is 29.3 Å². The molecule has 1 aromatic rings. The van der Waals surface area contributed by atoms with E-state index in [-0.39, 0.29) is 12.5 Å². The number of hydrogen-bond acceptors (Lipinski definition) is 4. The van der Waals surface area contributed by atoms with E-state index in [0.29, 0.717) is 12.0 Å². The average Bonchev–Trinajstić information content (AvgIpc) is 3.22. The Kier molecular flexibility index (Phi) is 9.94. The van der Waals surface area contributed by atoms with Gasteiger partial charge in [0.1, 0.15) is 12.3 Å². The van der Waals surface area contributed by atoms with Crippen LogP contribution in [0.1, 0.15) is 44.6 Å². The minimum Gasteiger partial charge on any atom is -0.497 e. The molecule has 7 nitrogen and oxygen atoms in total. The number of guanidine groups is 1. The summed E-state index contributed by atoms with van der Waals surface area (Å²) in [7, 11) is 5.20. The standard InChI is InChI=1S/C23H39N5O2/c1-6-28-15-7-8-20(28)16-25-23(26-17-22(29)27(3)4)24-14-13-18(2)19-9-11-21(30-5)12-10-19/h9-12,18,20H,6-8,13-17H2,1-5H3,(H2,24,25,26). The summed E-state index contributed by atoms with van der Waals surface area (Å²) < 4.78 is 5.24. The van der Waals surface area contributed by atoms with Crippen molar-refractivity contribution in [2.45, 2.75) is 45.1 Å². The van der Waals surface area contributed by atoms with Crippen molar-refractivity contribution in [2.24, 2.45) is 4.99 Å². The third-order valence-corrected chi connectivity index (χ3v) is 5.84. The highest BCUT2D eigenvalue weighted by atomic mass is 16.5. The van der Waals surface area contributed by atoms with Gasteiger partial charge in [-0.05, 0) is 56.0 Å². The molecule has 1 aliphatic rings. The minimum absolute atomic E-state index is 0.00116. The molecular formula is C23H39N5O2. The topological polar surface area (TPSA) is 69.2 Å². The van der Waals surface area contributed by atoms with Crippen LogP contribution in [-0.4, -0.2) is 81.6 Å². The smallest absolute Gasteiger partial charge is 0.243 e. The second-order valence-corrected chi connectivity index (χ2v) is 8.15. The van der Waals surface area contributed by atoms with E-state index in [1.165, 1.54) is 24.9 Å². The number of aliphatic imine (C=N–C) groups is 1. The van der Waals surface area contributed by atoms with Gasteiger partial charge < -0.3 is 20.3 Å². The van der Waals surface area contributed by atoms with Gasteiger partial charge in [-0.2, -0.15) is 0 Å². The lowest BCUT2D eigenvalue weighted by molar-refractivity contribution is -0.127. The lowest BCUT2D eigenvalue weighted by atomic mass is 9.98. The van der Waals surface area contributed by atoms with E-state index in [1.54, 1.807) is 26.1 Å². The number of hydrogen-bond donors (Lipinski definition) is 2. The minimum atomic E-state index is -0.00116. The first-order chi connectivity index (χ1) is 14.4. The fourth-order valence-electron chi connectivity index (χ4n) is 3.73. The monoisotopic (exact) mass is 417 g/mol. The molecule has 0 spiro atoms. The van der Waals surface area contributed by atoms with Crippen molar-refractivity contribution in [3.63, 3.8) is 0 Å². The van der Waals surface area contributed by atoms with Crippen LogP contribution >= 0.6 is 0 Å². The molecule has 2 rings (SSSR count). The first-order valence-electron chi connectivity index (χ1n) is 11.0. The van der Waals surface area contributed by atoms with Gasteiger partial charge in [0.05, 0.1) is 7.11 Å². The number of likely N-dealkylation sites (tertiary alicyclic amines) is 1. The Hall–Kier alpha value is -2.28. The molecule has 1 fully saturated rings. The summed E-state index contributed by atoms with van der Waals surface area (Å²) in [6.07, 6.45) is 3.43. The van der Waals surface area contributed by atoms with E-state index in [1.807, 2.05) is 12.1 Å². The first kappa shape index (κ1) is 24.0. The van der Waals surface area contributed by atoms with Crippen LogP contribution in [-0.2, 0) is 4.79 Å². The second kappa shape index (κ2) is 12.4. The van der Waals surface area contributed by atoms with Crippen LogP contribution in [0.25, 0.3) is 0 Å². The normalized spacial score (nSPS) is 18.2. The van der Waals surface area contributed by atoms with Gasteiger partial charge in [0.2, 0.25) is 5.91 Å². The van der Waals surface area contributed by atoms with E-state index >= 15 is 0 Å². The molecule has 1 heterocycles. The van der Waals surface area contributed by atoms with E-state index < -0.39 is 0 Å². The van der Waals surface area contributed by atoms with Crippen molar-refractivity contribution in [2.75, 3.05) is 53.9 Å². The molecule has 0 saturated carbocycles. The Labute approximate surface area is 181 Å².